The molecule has 2 unspecified atom stereocenters. The van der Waals surface area contributed by atoms with Crippen LogP contribution in [0.3, 0.4) is 0 Å². The van der Waals surface area contributed by atoms with Crippen LogP contribution in [0.4, 0.5) is 0 Å². The van der Waals surface area contributed by atoms with E-state index in [1.807, 2.05) is 20.8 Å². The molecular formula is C19H28N2O2. The predicted octanol–water partition coefficient (Wildman–Crippen LogP) is 3.34. The average molecular weight is 316 g/mol. The first-order valence-electron chi connectivity index (χ1n) is 8.61. The van der Waals surface area contributed by atoms with Gasteiger partial charge in [-0.3, -0.25) is 9.59 Å². The van der Waals surface area contributed by atoms with E-state index in [1.54, 1.807) is 4.90 Å². The normalized spacial score (nSPS) is 21.0. The van der Waals surface area contributed by atoms with Gasteiger partial charge >= 0.3 is 0 Å². The molecule has 1 aliphatic rings. The molecule has 0 bridgehead atoms. The van der Waals surface area contributed by atoms with E-state index in [4.69, 9.17) is 5.73 Å². The van der Waals surface area contributed by atoms with Gasteiger partial charge < -0.3 is 10.6 Å². The summed E-state index contributed by atoms with van der Waals surface area (Å²) in [6.45, 7) is 8.07. The van der Waals surface area contributed by atoms with E-state index in [-0.39, 0.29) is 17.9 Å². The van der Waals surface area contributed by atoms with Gasteiger partial charge in [-0.1, -0.05) is 57.0 Å². The fraction of sp³-hybridized carbons (Fsp3) is 0.579. The van der Waals surface area contributed by atoms with E-state index in [0.717, 1.165) is 18.4 Å². The maximum absolute atomic E-state index is 12.9. The molecule has 1 fully saturated rings. The number of carbonyl (C=O) groups is 2. The molecule has 0 aromatic heterocycles. The van der Waals surface area contributed by atoms with Crippen molar-refractivity contribution in [3.8, 4) is 0 Å². The number of nitrogens with zero attached hydrogens (tertiary/aromatic N) is 1. The van der Waals surface area contributed by atoms with Gasteiger partial charge in [-0.05, 0) is 31.7 Å². The van der Waals surface area contributed by atoms with Crippen LogP contribution in [-0.4, -0.2) is 22.8 Å². The number of benzene rings is 1. The maximum atomic E-state index is 12.9. The lowest BCUT2D eigenvalue weighted by molar-refractivity contribution is -0.184. The predicted molar refractivity (Wildman–Crippen MR) is 91.7 cm³/mol. The number of nitrogens with two attached hydrogens (primary N) is 1. The Hall–Kier alpha value is -1.84. The first-order chi connectivity index (χ1) is 10.9. The van der Waals surface area contributed by atoms with Crippen LogP contribution in [0.15, 0.2) is 24.3 Å². The minimum absolute atomic E-state index is 0.0724. The molecule has 0 aliphatic carbocycles. The Labute approximate surface area is 139 Å². The van der Waals surface area contributed by atoms with Gasteiger partial charge in [0.2, 0.25) is 11.8 Å². The Morgan fingerprint density at radius 1 is 1.22 bits per heavy atom. The highest BCUT2D eigenvalue weighted by molar-refractivity contribution is 6.01. The number of amides is 2. The third-order valence-electron chi connectivity index (χ3n) is 5.35. The molecular weight excluding hydrogens is 288 g/mol. The molecule has 1 aromatic carbocycles. The molecule has 2 amide bonds. The molecule has 2 N–H and O–H groups in total. The van der Waals surface area contributed by atoms with Gasteiger partial charge in [0, 0.05) is 0 Å². The van der Waals surface area contributed by atoms with Crippen molar-refractivity contribution in [1.29, 1.82) is 0 Å². The van der Waals surface area contributed by atoms with Crippen molar-refractivity contribution in [3.63, 3.8) is 0 Å². The Balaban J connectivity index is 2.41. The van der Waals surface area contributed by atoms with Crippen molar-refractivity contribution in [1.82, 2.24) is 4.90 Å². The van der Waals surface area contributed by atoms with E-state index in [2.05, 4.69) is 31.2 Å². The Kier molecular flexibility index (Phi) is 5.12. The topological polar surface area (TPSA) is 63.4 Å². The van der Waals surface area contributed by atoms with Crippen LogP contribution in [0, 0.1) is 12.3 Å². The maximum Gasteiger partial charge on any atom is 0.241 e. The highest BCUT2D eigenvalue weighted by atomic mass is 16.2. The molecule has 23 heavy (non-hydrogen) atoms. The monoisotopic (exact) mass is 316 g/mol. The Bertz CT molecular complexity index is 576. The van der Waals surface area contributed by atoms with Gasteiger partial charge in [0.05, 0.1) is 11.5 Å². The zero-order valence-corrected chi connectivity index (χ0v) is 14.6. The first-order valence-corrected chi connectivity index (χ1v) is 8.61. The largest absolute Gasteiger partial charge is 0.368 e. The van der Waals surface area contributed by atoms with Gasteiger partial charge in [0.1, 0.15) is 6.04 Å². The Morgan fingerprint density at radius 3 is 2.22 bits per heavy atom. The highest BCUT2D eigenvalue weighted by Crippen LogP contribution is 2.49. The number of likely N-dealkylation sites (tertiary alicyclic amines) is 1. The molecule has 2 rings (SSSR count). The second kappa shape index (κ2) is 6.73. The number of carbonyl (C=O) groups excluding carboxylic acids is 2. The summed E-state index contributed by atoms with van der Waals surface area (Å²) in [4.78, 5) is 26.8. The van der Waals surface area contributed by atoms with Crippen LogP contribution < -0.4 is 5.73 Å². The van der Waals surface area contributed by atoms with Crippen LogP contribution in [-0.2, 0) is 9.59 Å². The summed E-state index contributed by atoms with van der Waals surface area (Å²) in [6, 6.07) is 7.64. The van der Waals surface area contributed by atoms with Gasteiger partial charge in [0.25, 0.3) is 0 Å². The molecule has 0 saturated carbocycles. The van der Waals surface area contributed by atoms with Crippen molar-refractivity contribution in [2.45, 2.75) is 65.5 Å². The lowest BCUT2D eigenvalue weighted by atomic mass is 9.65. The van der Waals surface area contributed by atoms with E-state index in [9.17, 15) is 9.59 Å². The molecule has 1 heterocycles. The third kappa shape index (κ3) is 2.75. The zero-order valence-electron chi connectivity index (χ0n) is 14.6. The number of aryl methyl sites for hydroxylation is 1. The molecule has 126 valence electrons. The van der Waals surface area contributed by atoms with Crippen molar-refractivity contribution in [2.75, 3.05) is 0 Å². The Morgan fingerprint density at radius 2 is 1.78 bits per heavy atom. The second-order valence-electron chi connectivity index (χ2n) is 6.60. The number of β-lactam (4-membered cyclic amide) rings is 1. The van der Waals surface area contributed by atoms with E-state index in [1.165, 1.54) is 5.56 Å². The van der Waals surface area contributed by atoms with Crippen molar-refractivity contribution in [3.05, 3.63) is 35.4 Å². The van der Waals surface area contributed by atoms with Crippen LogP contribution in [0.1, 0.15) is 63.6 Å². The molecule has 0 spiro atoms. The fourth-order valence-corrected chi connectivity index (χ4v) is 3.89. The molecule has 1 aromatic rings. The quantitative estimate of drug-likeness (QED) is 0.784. The summed E-state index contributed by atoms with van der Waals surface area (Å²) in [5.41, 5.74) is 7.34. The smallest absolute Gasteiger partial charge is 0.241 e. The van der Waals surface area contributed by atoms with Gasteiger partial charge in [0.15, 0.2) is 0 Å². The van der Waals surface area contributed by atoms with Crippen LogP contribution in [0.25, 0.3) is 0 Å². The number of hydrogen-bond donors (Lipinski definition) is 1. The van der Waals surface area contributed by atoms with Crippen molar-refractivity contribution < 1.29 is 9.59 Å². The summed E-state index contributed by atoms with van der Waals surface area (Å²) in [5.74, 6) is -0.313. The van der Waals surface area contributed by atoms with Gasteiger partial charge in [-0.25, -0.2) is 0 Å². The summed E-state index contributed by atoms with van der Waals surface area (Å²) in [7, 11) is 0. The summed E-state index contributed by atoms with van der Waals surface area (Å²) in [5, 5.41) is 0. The average Bonchev–Trinajstić information content (AvgIpc) is 2.53. The summed E-state index contributed by atoms with van der Waals surface area (Å²) in [6.07, 6.45) is 3.08. The second-order valence-corrected chi connectivity index (χ2v) is 6.60. The molecule has 4 heteroatoms. The third-order valence-corrected chi connectivity index (χ3v) is 5.35. The molecule has 0 radical (unpaired) electrons. The number of rotatable bonds is 7. The lowest BCUT2D eigenvalue weighted by Gasteiger charge is -2.57. The zero-order chi connectivity index (χ0) is 17.2. The van der Waals surface area contributed by atoms with Crippen molar-refractivity contribution in [2.24, 2.45) is 11.1 Å². The molecule has 4 nitrogen and oxygen atoms in total. The highest BCUT2D eigenvalue weighted by Gasteiger charge is 2.62. The van der Waals surface area contributed by atoms with Gasteiger partial charge in [-0.2, -0.15) is 0 Å². The van der Waals surface area contributed by atoms with E-state index < -0.39 is 11.5 Å². The molecule has 1 aliphatic heterocycles. The van der Waals surface area contributed by atoms with Crippen LogP contribution in [0.2, 0.25) is 0 Å². The van der Waals surface area contributed by atoms with Crippen LogP contribution in [0.5, 0.6) is 0 Å². The molecule has 1 saturated heterocycles. The van der Waals surface area contributed by atoms with Crippen LogP contribution >= 0.6 is 0 Å². The SMILES string of the molecule is CCCC(c1ccc(C)cc1)N1C(=O)C(CC)(CC)C1C(N)=O. The van der Waals surface area contributed by atoms with E-state index >= 15 is 0 Å². The summed E-state index contributed by atoms with van der Waals surface area (Å²) < 4.78 is 0. The van der Waals surface area contributed by atoms with Crippen molar-refractivity contribution >= 4 is 11.8 Å². The van der Waals surface area contributed by atoms with E-state index in [0.29, 0.717) is 12.8 Å². The lowest BCUT2D eigenvalue weighted by Crippen LogP contribution is -2.73. The minimum Gasteiger partial charge on any atom is -0.368 e. The number of hydrogen-bond acceptors (Lipinski definition) is 2. The number of primary amides is 1. The standard InChI is InChI=1S/C19H28N2O2/c1-5-8-15(14-11-9-13(4)10-12-14)21-16(17(20)22)19(6-2,7-3)18(21)23/h9-12,15-16H,5-8H2,1-4H3,(H2,20,22). The fourth-order valence-electron chi connectivity index (χ4n) is 3.89. The molecule has 2 atom stereocenters. The summed E-state index contributed by atoms with van der Waals surface area (Å²) >= 11 is 0. The minimum atomic E-state index is -0.609. The van der Waals surface area contributed by atoms with Gasteiger partial charge in [-0.15, -0.1) is 0 Å². The first kappa shape index (κ1) is 17.5.